The fraction of sp³-hybridized carbons (Fsp3) is 0.391. The van der Waals surface area contributed by atoms with Crippen LogP contribution < -0.4 is 21.1 Å². The molecule has 0 saturated heterocycles. The second-order valence-electron chi connectivity index (χ2n) is 7.34. The minimum absolute atomic E-state index is 0.185. The zero-order valence-electron chi connectivity index (χ0n) is 17.8. The predicted molar refractivity (Wildman–Crippen MR) is 116 cm³/mol. The first kappa shape index (κ1) is 22.4. The number of quaternary nitrogens is 1. The summed E-state index contributed by atoms with van der Waals surface area (Å²) in [5.74, 6) is -0.184. The molecule has 0 aliphatic rings. The average molecular weight is 398 g/mol. The van der Waals surface area contributed by atoms with E-state index in [1.54, 1.807) is 12.1 Å². The molecule has 0 bridgehead atoms. The van der Waals surface area contributed by atoms with Crippen LogP contribution in [0.25, 0.3) is 0 Å². The Balaban J connectivity index is 1.84. The van der Waals surface area contributed by atoms with Gasteiger partial charge < -0.3 is 10.2 Å². The number of hydrogen-bond donors (Lipinski definition) is 3. The van der Waals surface area contributed by atoms with Crippen LogP contribution in [0.4, 0.5) is 5.69 Å². The van der Waals surface area contributed by atoms with Crippen molar-refractivity contribution in [2.24, 2.45) is 5.92 Å². The number of nitrogens with two attached hydrogens (primary N) is 1. The third-order valence-corrected chi connectivity index (χ3v) is 5.03. The normalized spacial score (nSPS) is 11.8. The highest BCUT2D eigenvalue weighted by molar-refractivity contribution is 5.95. The van der Waals surface area contributed by atoms with Crippen molar-refractivity contribution >= 4 is 17.5 Å². The minimum atomic E-state index is -0.326. The molecule has 0 radical (unpaired) electrons. The van der Waals surface area contributed by atoms with Gasteiger partial charge in [0.2, 0.25) is 0 Å². The number of anilines is 1. The minimum Gasteiger partial charge on any atom is -0.372 e. The van der Waals surface area contributed by atoms with Gasteiger partial charge in [-0.05, 0) is 38.1 Å². The highest BCUT2D eigenvalue weighted by atomic mass is 16.2. The van der Waals surface area contributed by atoms with Gasteiger partial charge in [0.05, 0.1) is 0 Å². The van der Waals surface area contributed by atoms with Crippen molar-refractivity contribution in [1.29, 1.82) is 0 Å². The van der Waals surface area contributed by atoms with Gasteiger partial charge in [0.25, 0.3) is 11.8 Å². The molecule has 0 fully saturated rings. The number of amides is 2. The lowest BCUT2D eigenvalue weighted by molar-refractivity contribution is -0.692. The van der Waals surface area contributed by atoms with Gasteiger partial charge in [-0.2, -0.15) is 0 Å². The molecular weight excluding hydrogens is 364 g/mol. The van der Waals surface area contributed by atoms with Crippen LogP contribution in [0.5, 0.6) is 0 Å². The molecule has 1 atom stereocenters. The van der Waals surface area contributed by atoms with Crippen LogP contribution in [-0.4, -0.2) is 31.4 Å². The van der Waals surface area contributed by atoms with E-state index in [1.165, 1.54) is 5.56 Å². The number of hydrogen-bond acceptors (Lipinski definition) is 3. The Morgan fingerprint density at radius 1 is 0.931 bits per heavy atom. The molecule has 0 aliphatic carbocycles. The summed E-state index contributed by atoms with van der Waals surface area (Å²) in [6.45, 7) is 10.5. The highest BCUT2D eigenvalue weighted by Gasteiger charge is 2.20. The molecule has 0 unspecified atom stereocenters. The Morgan fingerprint density at radius 3 is 2.10 bits per heavy atom. The van der Waals surface area contributed by atoms with Crippen LogP contribution in [0.3, 0.4) is 0 Å². The van der Waals surface area contributed by atoms with Crippen LogP contribution in [0.1, 0.15) is 49.7 Å². The number of nitrogens with one attached hydrogen (secondary N) is 2. The standard InChI is InChI=1S/C23H32N4O2/c1-5-27(6-2)20-14-12-19(13-15-20)23(29)26-25-21(28)16-24-22(17(3)4)18-10-8-7-9-11-18/h7-15,17,22,24H,5-6,16H2,1-4H3,(H,25,28)(H,26,29)/p+1/t22-/m0/s1. The van der Waals surface area contributed by atoms with Crippen molar-refractivity contribution < 1.29 is 14.9 Å². The van der Waals surface area contributed by atoms with Gasteiger partial charge in [-0.3, -0.25) is 20.4 Å². The Labute approximate surface area is 173 Å². The summed E-state index contributed by atoms with van der Waals surface area (Å²) >= 11 is 0. The van der Waals surface area contributed by atoms with E-state index in [0.29, 0.717) is 11.5 Å². The first-order chi connectivity index (χ1) is 14.0. The van der Waals surface area contributed by atoms with Gasteiger partial charge in [0.15, 0.2) is 6.54 Å². The van der Waals surface area contributed by atoms with Gasteiger partial charge in [0, 0.05) is 35.8 Å². The van der Waals surface area contributed by atoms with Crippen LogP contribution in [0.2, 0.25) is 0 Å². The molecule has 6 nitrogen and oxygen atoms in total. The summed E-state index contributed by atoms with van der Waals surface area (Å²) in [5.41, 5.74) is 7.77. The SMILES string of the molecule is CCN(CC)c1ccc(C(=O)NNC(=O)C[NH2+][C@H](c2ccccc2)C(C)C)cc1. The van der Waals surface area contributed by atoms with E-state index >= 15 is 0 Å². The predicted octanol–water partition coefficient (Wildman–Crippen LogP) is 2.25. The van der Waals surface area contributed by atoms with E-state index < -0.39 is 0 Å². The van der Waals surface area contributed by atoms with Crippen molar-refractivity contribution in [3.05, 3.63) is 65.7 Å². The summed E-state index contributed by atoms with van der Waals surface area (Å²) in [6.07, 6.45) is 0. The monoisotopic (exact) mass is 397 g/mol. The fourth-order valence-electron chi connectivity index (χ4n) is 3.36. The molecule has 0 aliphatic heterocycles. The molecule has 29 heavy (non-hydrogen) atoms. The molecule has 0 spiro atoms. The average Bonchev–Trinajstić information content (AvgIpc) is 2.74. The van der Waals surface area contributed by atoms with Crippen LogP contribution >= 0.6 is 0 Å². The van der Waals surface area contributed by atoms with Crippen LogP contribution in [0, 0.1) is 5.92 Å². The molecule has 0 saturated carbocycles. The van der Waals surface area contributed by atoms with E-state index in [0.717, 1.165) is 18.8 Å². The Morgan fingerprint density at radius 2 is 1.55 bits per heavy atom. The summed E-state index contributed by atoms with van der Waals surface area (Å²) in [5, 5.41) is 2.00. The van der Waals surface area contributed by atoms with Gasteiger partial charge >= 0.3 is 0 Å². The zero-order valence-corrected chi connectivity index (χ0v) is 17.8. The van der Waals surface area contributed by atoms with Crippen molar-refractivity contribution in [1.82, 2.24) is 10.9 Å². The van der Waals surface area contributed by atoms with E-state index in [1.807, 2.05) is 35.6 Å². The molecule has 2 rings (SSSR count). The maximum Gasteiger partial charge on any atom is 0.293 e. The Kier molecular flexibility index (Phi) is 8.68. The smallest absolute Gasteiger partial charge is 0.293 e. The zero-order chi connectivity index (χ0) is 21.2. The lowest BCUT2D eigenvalue weighted by atomic mass is 9.96. The molecule has 2 aromatic carbocycles. The van der Waals surface area contributed by atoms with E-state index in [4.69, 9.17) is 0 Å². The quantitative estimate of drug-likeness (QED) is 0.568. The second kappa shape index (κ2) is 11.2. The maximum absolute atomic E-state index is 12.3. The Hall–Kier alpha value is -2.86. The molecule has 2 aromatic rings. The third kappa shape index (κ3) is 6.61. The number of hydrazine groups is 1. The molecule has 156 valence electrons. The summed E-state index contributed by atoms with van der Waals surface area (Å²) in [4.78, 5) is 26.7. The topological polar surface area (TPSA) is 78.1 Å². The number of rotatable bonds is 9. The van der Waals surface area contributed by atoms with Crippen molar-refractivity contribution in [2.45, 2.75) is 33.7 Å². The van der Waals surface area contributed by atoms with E-state index in [9.17, 15) is 9.59 Å². The number of carbonyl (C=O) groups is 2. The molecule has 0 aromatic heterocycles. The molecule has 4 N–H and O–H groups in total. The van der Waals surface area contributed by atoms with Crippen molar-refractivity contribution in [2.75, 3.05) is 24.5 Å². The van der Waals surface area contributed by atoms with Gasteiger partial charge in [-0.15, -0.1) is 0 Å². The summed E-state index contributed by atoms with van der Waals surface area (Å²) < 4.78 is 0. The van der Waals surface area contributed by atoms with Crippen LogP contribution in [0.15, 0.2) is 54.6 Å². The molecule has 6 heteroatoms. The van der Waals surface area contributed by atoms with E-state index in [2.05, 4.69) is 55.6 Å². The molecule has 0 heterocycles. The fourth-order valence-corrected chi connectivity index (χ4v) is 3.36. The van der Waals surface area contributed by atoms with Crippen molar-refractivity contribution in [3.8, 4) is 0 Å². The third-order valence-electron chi connectivity index (χ3n) is 5.03. The first-order valence-corrected chi connectivity index (χ1v) is 10.3. The van der Waals surface area contributed by atoms with Gasteiger partial charge in [0.1, 0.15) is 6.04 Å². The van der Waals surface area contributed by atoms with Gasteiger partial charge in [-0.1, -0.05) is 44.2 Å². The molecule has 2 amide bonds. The maximum atomic E-state index is 12.3. The molecular formula is C23H33N4O2+. The lowest BCUT2D eigenvalue weighted by Crippen LogP contribution is -2.88. The first-order valence-electron chi connectivity index (χ1n) is 10.3. The summed E-state index contributed by atoms with van der Waals surface area (Å²) in [6, 6.07) is 17.7. The van der Waals surface area contributed by atoms with Crippen molar-refractivity contribution in [3.63, 3.8) is 0 Å². The van der Waals surface area contributed by atoms with Crippen LogP contribution in [-0.2, 0) is 4.79 Å². The largest absolute Gasteiger partial charge is 0.372 e. The number of nitrogens with zero attached hydrogens (tertiary/aromatic N) is 1. The number of benzene rings is 2. The number of carbonyl (C=O) groups excluding carboxylic acids is 2. The van der Waals surface area contributed by atoms with E-state index in [-0.39, 0.29) is 24.4 Å². The summed E-state index contributed by atoms with van der Waals surface area (Å²) in [7, 11) is 0. The second-order valence-corrected chi connectivity index (χ2v) is 7.34. The van der Waals surface area contributed by atoms with Gasteiger partial charge in [-0.25, -0.2) is 0 Å². The Bertz CT molecular complexity index is 771. The highest BCUT2D eigenvalue weighted by Crippen LogP contribution is 2.17. The lowest BCUT2D eigenvalue weighted by Gasteiger charge is -2.21.